The van der Waals surface area contributed by atoms with E-state index >= 15 is 0 Å². The molecule has 2 aliphatic heterocycles. The van der Waals surface area contributed by atoms with Crippen LogP contribution in [0.15, 0.2) is 72.8 Å². The van der Waals surface area contributed by atoms with Crippen molar-refractivity contribution in [2.45, 2.75) is 182 Å². The molecule has 0 fully saturated rings. The van der Waals surface area contributed by atoms with E-state index in [2.05, 4.69) is 214 Å². The minimum absolute atomic E-state index is 0.0211. The van der Waals surface area contributed by atoms with Crippen molar-refractivity contribution in [1.82, 2.24) is 9.97 Å². The molecular weight excluding hydrogens is 796 g/mol. The fraction of sp³-hybridized carbons (Fsp3) is 0.483. The highest BCUT2D eigenvalue weighted by Gasteiger charge is 2.49. The lowest BCUT2D eigenvalue weighted by Crippen LogP contribution is -2.61. The molecule has 6 heteroatoms. The molecule has 0 bridgehead atoms. The van der Waals surface area contributed by atoms with Crippen LogP contribution in [0.2, 0.25) is 0 Å². The number of rotatable bonds is 2. The molecule has 0 saturated carbocycles. The first kappa shape index (κ1) is 44.8. The Balaban J connectivity index is 1.45. The minimum atomic E-state index is -0.323. The maximum Gasteiger partial charge on any atom is 0.268 e. The first-order chi connectivity index (χ1) is 29.4. The number of anilines is 6. The second-order valence-corrected chi connectivity index (χ2v) is 27.1. The van der Waals surface area contributed by atoms with Crippen LogP contribution >= 0.6 is 11.3 Å². The standard InChI is InChI=1S/C58H73BN4S/c1-52(2,3)34-21-25-43-44(31-34)62(39-29-36(54(7,8)9)28-37(30-39)55(10,11)12)49-46-50(61-51(60-49)56(13,14)15)63(38-22-24-41-42(33-38)58(18,19)27-26-57(41,16)17)47-40-23-20-35(53(4,5)6)32-45(40)64-48(47)59(43)46/h20-25,28-33H,26-27H2,1-19H3. The van der Waals surface area contributed by atoms with E-state index in [0.717, 1.165) is 29.6 Å². The highest BCUT2D eigenvalue weighted by molar-refractivity contribution is 7.33. The predicted molar refractivity (Wildman–Crippen MR) is 280 cm³/mol. The SMILES string of the molecule is CC(C)(C)c1cc(N2c3cc(C(C)(C)C)ccc3B3c4sc5cc(C(C)(C)C)ccc5c4N(c4ccc5c(c4)C(C)(C)CCC5(C)C)c4nc(C(C)(C)C)nc2c43)cc(C(C)(C)C)c1. The van der Waals surface area contributed by atoms with Gasteiger partial charge in [0.25, 0.3) is 6.71 Å². The molecule has 9 rings (SSSR count). The molecule has 6 aromatic rings. The third-order valence-corrected chi connectivity index (χ3v) is 16.0. The molecular formula is C58H73BN4S. The first-order valence-corrected chi connectivity index (χ1v) is 24.7. The van der Waals surface area contributed by atoms with E-state index in [0.29, 0.717) is 0 Å². The molecule has 2 aromatic heterocycles. The Bertz CT molecular complexity index is 2840. The summed E-state index contributed by atoms with van der Waals surface area (Å²) < 4.78 is 2.69. The van der Waals surface area contributed by atoms with Crippen molar-refractivity contribution in [2.75, 3.05) is 9.80 Å². The van der Waals surface area contributed by atoms with Gasteiger partial charge in [-0.25, -0.2) is 9.97 Å². The molecule has 4 nitrogen and oxygen atoms in total. The van der Waals surface area contributed by atoms with Crippen molar-refractivity contribution in [2.24, 2.45) is 0 Å². The Morgan fingerprint density at radius 1 is 0.516 bits per heavy atom. The zero-order chi connectivity index (χ0) is 46.6. The summed E-state index contributed by atoms with van der Waals surface area (Å²) in [4.78, 5) is 16.7. The van der Waals surface area contributed by atoms with E-state index < -0.39 is 0 Å². The number of nitrogens with zero attached hydrogens (tertiary/aromatic N) is 4. The molecule has 334 valence electrons. The summed E-state index contributed by atoms with van der Waals surface area (Å²) >= 11 is 1.97. The Hall–Kier alpha value is -4.42. The second-order valence-electron chi connectivity index (χ2n) is 26.0. The van der Waals surface area contributed by atoms with Crippen LogP contribution < -0.4 is 25.5 Å². The molecule has 3 aliphatic rings. The third-order valence-electron chi connectivity index (χ3n) is 14.8. The van der Waals surface area contributed by atoms with Gasteiger partial charge in [-0.3, -0.25) is 9.80 Å². The van der Waals surface area contributed by atoms with Gasteiger partial charge in [-0.1, -0.05) is 168 Å². The molecule has 0 spiro atoms. The molecule has 64 heavy (non-hydrogen) atoms. The van der Waals surface area contributed by atoms with Crippen LogP contribution in [0.4, 0.5) is 34.4 Å². The summed E-state index contributed by atoms with van der Waals surface area (Å²) in [5.41, 5.74) is 15.2. The van der Waals surface area contributed by atoms with Crippen LogP contribution in [0.3, 0.4) is 0 Å². The smallest absolute Gasteiger partial charge is 0.268 e. The number of benzene rings is 4. The largest absolute Gasteiger partial charge is 0.296 e. The van der Waals surface area contributed by atoms with Gasteiger partial charge in [-0.2, -0.15) is 0 Å². The van der Waals surface area contributed by atoms with E-state index in [4.69, 9.17) is 9.97 Å². The van der Waals surface area contributed by atoms with E-state index in [1.165, 1.54) is 82.7 Å². The van der Waals surface area contributed by atoms with Gasteiger partial charge in [0, 0.05) is 42.8 Å². The van der Waals surface area contributed by atoms with Gasteiger partial charge in [0.05, 0.1) is 5.69 Å². The molecule has 0 N–H and O–H groups in total. The Labute approximate surface area is 390 Å². The van der Waals surface area contributed by atoms with Crippen molar-refractivity contribution in [3.05, 3.63) is 112 Å². The average molecular weight is 869 g/mol. The van der Waals surface area contributed by atoms with Gasteiger partial charge < -0.3 is 0 Å². The topological polar surface area (TPSA) is 32.3 Å². The average Bonchev–Trinajstić information content (AvgIpc) is 3.56. The molecule has 0 radical (unpaired) electrons. The predicted octanol–water partition coefficient (Wildman–Crippen LogP) is 14.6. The number of thiophene rings is 1. The zero-order valence-electron chi connectivity index (χ0n) is 42.6. The van der Waals surface area contributed by atoms with Crippen LogP contribution in [0.5, 0.6) is 0 Å². The third kappa shape index (κ3) is 7.24. The lowest BCUT2D eigenvalue weighted by Gasteiger charge is -2.44. The molecule has 1 aliphatic carbocycles. The number of hydrogen-bond donors (Lipinski definition) is 0. The lowest BCUT2D eigenvalue weighted by atomic mass is 9.36. The normalized spacial score (nSPS) is 17.0. The van der Waals surface area contributed by atoms with Crippen LogP contribution in [0, 0.1) is 0 Å². The van der Waals surface area contributed by atoms with Gasteiger partial charge in [-0.05, 0) is 121 Å². The van der Waals surface area contributed by atoms with E-state index in [-0.39, 0.29) is 44.6 Å². The highest BCUT2D eigenvalue weighted by atomic mass is 32.1. The quantitative estimate of drug-likeness (QED) is 0.162. The monoisotopic (exact) mass is 869 g/mol. The summed E-state index contributed by atoms with van der Waals surface area (Å²) in [6, 6.07) is 29.3. The Morgan fingerprint density at radius 3 is 1.61 bits per heavy atom. The fourth-order valence-corrected chi connectivity index (χ4v) is 11.7. The van der Waals surface area contributed by atoms with E-state index in [9.17, 15) is 0 Å². The molecule has 0 unspecified atom stereocenters. The van der Waals surface area contributed by atoms with E-state index in [1.807, 2.05) is 11.3 Å². The maximum atomic E-state index is 5.82. The van der Waals surface area contributed by atoms with Crippen LogP contribution in [-0.2, 0) is 37.9 Å². The minimum Gasteiger partial charge on any atom is -0.296 e. The zero-order valence-corrected chi connectivity index (χ0v) is 43.4. The molecule has 4 heterocycles. The van der Waals surface area contributed by atoms with Gasteiger partial charge in [0.15, 0.2) is 0 Å². The summed E-state index contributed by atoms with van der Waals surface area (Å²) in [5, 5.41) is 1.29. The number of fused-ring (bicyclic) bond motifs is 7. The summed E-state index contributed by atoms with van der Waals surface area (Å²) in [5.74, 6) is 2.84. The van der Waals surface area contributed by atoms with Crippen LogP contribution in [0.1, 0.15) is 184 Å². The van der Waals surface area contributed by atoms with Crippen molar-refractivity contribution < 1.29 is 0 Å². The van der Waals surface area contributed by atoms with Crippen molar-refractivity contribution in [3.63, 3.8) is 0 Å². The Morgan fingerprint density at radius 2 is 1.05 bits per heavy atom. The first-order valence-electron chi connectivity index (χ1n) is 23.9. The number of aromatic nitrogens is 2. The van der Waals surface area contributed by atoms with Crippen LogP contribution in [-0.4, -0.2) is 16.7 Å². The van der Waals surface area contributed by atoms with Crippen molar-refractivity contribution in [1.29, 1.82) is 0 Å². The van der Waals surface area contributed by atoms with Crippen molar-refractivity contribution >= 4 is 78.2 Å². The van der Waals surface area contributed by atoms with Gasteiger partial charge in [0.2, 0.25) is 0 Å². The fourth-order valence-electron chi connectivity index (χ4n) is 10.3. The highest BCUT2D eigenvalue weighted by Crippen LogP contribution is 2.52. The molecule has 0 atom stereocenters. The molecule has 4 aromatic carbocycles. The summed E-state index contributed by atoms with van der Waals surface area (Å²) in [7, 11) is 0. The summed E-state index contributed by atoms with van der Waals surface area (Å²) in [6.45, 7) is 44.5. The van der Waals surface area contributed by atoms with Gasteiger partial charge >= 0.3 is 0 Å². The van der Waals surface area contributed by atoms with Crippen LogP contribution in [0.25, 0.3) is 10.1 Å². The lowest BCUT2D eigenvalue weighted by molar-refractivity contribution is 0.332. The molecule has 0 saturated heterocycles. The Kier molecular flexibility index (Phi) is 9.83. The van der Waals surface area contributed by atoms with Gasteiger partial charge in [0.1, 0.15) is 17.5 Å². The van der Waals surface area contributed by atoms with Crippen molar-refractivity contribution in [3.8, 4) is 0 Å². The molecule has 0 amide bonds. The number of hydrogen-bond acceptors (Lipinski definition) is 5. The second kappa shape index (κ2) is 14.1. The van der Waals surface area contributed by atoms with E-state index in [1.54, 1.807) is 0 Å². The summed E-state index contributed by atoms with van der Waals surface area (Å²) in [6.07, 6.45) is 2.34. The maximum absolute atomic E-state index is 5.82. The van der Waals surface area contributed by atoms with Gasteiger partial charge in [-0.15, -0.1) is 11.3 Å².